The van der Waals surface area contributed by atoms with Gasteiger partial charge in [0.1, 0.15) is 17.5 Å². The third-order valence-electron chi connectivity index (χ3n) is 4.98. The van der Waals surface area contributed by atoms with Crippen LogP contribution in [0, 0.1) is 11.7 Å². The summed E-state index contributed by atoms with van der Waals surface area (Å²) < 4.78 is 19.1. The molecule has 8 heteroatoms. The number of carbonyl (C=O) groups excluding carboxylic acids is 2. The SMILES string of the molecule is CC(C)(C)OC(=O)N1CCCC(NC(=O)[C@H](Nc2cc(F)cc(Cl)c2)C2CC2)C1. The van der Waals surface area contributed by atoms with Gasteiger partial charge in [-0.25, -0.2) is 9.18 Å². The normalized spacial score (nSPS) is 20.7. The minimum Gasteiger partial charge on any atom is -0.444 e. The largest absolute Gasteiger partial charge is 0.444 e. The van der Waals surface area contributed by atoms with Crippen molar-refractivity contribution in [3.63, 3.8) is 0 Å². The number of nitrogens with one attached hydrogen (secondary N) is 2. The van der Waals surface area contributed by atoms with Gasteiger partial charge >= 0.3 is 6.09 Å². The zero-order chi connectivity index (χ0) is 21.2. The number of hydrogen-bond donors (Lipinski definition) is 2. The van der Waals surface area contributed by atoms with Crippen molar-refractivity contribution in [1.29, 1.82) is 0 Å². The Balaban J connectivity index is 1.60. The fourth-order valence-corrected chi connectivity index (χ4v) is 3.74. The number of anilines is 1. The topological polar surface area (TPSA) is 70.7 Å². The molecule has 0 radical (unpaired) electrons. The molecule has 6 nitrogen and oxygen atoms in total. The molecule has 0 spiro atoms. The van der Waals surface area contributed by atoms with Crippen molar-refractivity contribution in [2.24, 2.45) is 5.92 Å². The van der Waals surface area contributed by atoms with E-state index < -0.39 is 17.5 Å². The minimum atomic E-state index is -0.555. The Morgan fingerprint density at radius 3 is 2.59 bits per heavy atom. The maximum Gasteiger partial charge on any atom is 0.410 e. The number of piperidine rings is 1. The quantitative estimate of drug-likeness (QED) is 0.742. The fraction of sp³-hybridized carbons (Fsp3) is 0.619. The van der Waals surface area contributed by atoms with E-state index in [0.717, 1.165) is 25.7 Å². The summed E-state index contributed by atoms with van der Waals surface area (Å²) in [6.45, 7) is 6.53. The first-order valence-corrected chi connectivity index (χ1v) is 10.5. The van der Waals surface area contributed by atoms with Crippen molar-refractivity contribution in [2.75, 3.05) is 18.4 Å². The van der Waals surface area contributed by atoms with Gasteiger partial charge < -0.3 is 20.3 Å². The summed E-state index contributed by atoms with van der Waals surface area (Å²) in [6.07, 6.45) is 3.13. The Bertz CT molecular complexity index is 744. The Labute approximate surface area is 176 Å². The molecular formula is C21H29ClFN3O3. The zero-order valence-corrected chi connectivity index (χ0v) is 17.9. The van der Waals surface area contributed by atoms with Gasteiger partial charge in [0.15, 0.2) is 0 Å². The predicted molar refractivity (Wildman–Crippen MR) is 111 cm³/mol. The van der Waals surface area contributed by atoms with Gasteiger partial charge in [-0.05, 0) is 70.6 Å². The van der Waals surface area contributed by atoms with E-state index in [4.69, 9.17) is 16.3 Å². The maximum absolute atomic E-state index is 13.6. The van der Waals surface area contributed by atoms with Gasteiger partial charge in [-0.15, -0.1) is 0 Å². The molecule has 3 rings (SSSR count). The average Bonchev–Trinajstić information content (AvgIpc) is 3.42. The number of rotatable bonds is 5. The first kappa shape index (κ1) is 21.7. The van der Waals surface area contributed by atoms with Crippen molar-refractivity contribution in [3.05, 3.63) is 29.0 Å². The number of hydrogen-bond acceptors (Lipinski definition) is 4. The highest BCUT2D eigenvalue weighted by molar-refractivity contribution is 6.30. The Morgan fingerprint density at radius 1 is 1.24 bits per heavy atom. The zero-order valence-electron chi connectivity index (χ0n) is 17.1. The maximum atomic E-state index is 13.6. The van der Waals surface area contributed by atoms with Gasteiger partial charge in [0.05, 0.1) is 0 Å². The Morgan fingerprint density at radius 2 is 1.97 bits per heavy atom. The molecule has 2 N–H and O–H groups in total. The highest BCUT2D eigenvalue weighted by atomic mass is 35.5. The Kier molecular flexibility index (Phi) is 6.56. The molecule has 1 heterocycles. The number of likely N-dealkylation sites (tertiary alicyclic amines) is 1. The Hall–Kier alpha value is -2.02. The lowest BCUT2D eigenvalue weighted by Gasteiger charge is -2.35. The van der Waals surface area contributed by atoms with Crippen LogP contribution in [0.4, 0.5) is 14.9 Å². The summed E-state index contributed by atoms with van der Waals surface area (Å²) in [6, 6.07) is 3.58. The highest BCUT2D eigenvalue weighted by Crippen LogP contribution is 2.35. The second-order valence-corrected chi connectivity index (χ2v) is 9.33. The van der Waals surface area contributed by atoms with E-state index in [1.54, 1.807) is 11.0 Å². The van der Waals surface area contributed by atoms with E-state index in [1.807, 2.05) is 20.8 Å². The van der Waals surface area contributed by atoms with Crippen LogP contribution in [-0.2, 0) is 9.53 Å². The molecule has 1 unspecified atom stereocenters. The summed E-state index contributed by atoms with van der Waals surface area (Å²) in [7, 11) is 0. The molecule has 1 saturated heterocycles. The second kappa shape index (κ2) is 8.78. The molecule has 2 aliphatic rings. The van der Waals surface area contributed by atoms with Crippen LogP contribution in [-0.4, -0.2) is 47.7 Å². The third kappa shape index (κ3) is 6.49. The molecule has 2 amide bonds. The lowest BCUT2D eigenvalue weighted by Crippen LogP contribution is -2.53. The fourth-order valence-electron chi connectivity index (χ4n) is 3.52. The number of nitrogens with zero attached hydrogens (tertiary/aromatic N) is 1. The van der Waals surface area contributed by atoms with Gasteiger partial charge in [-0.3, -0.25) is 4.79 Å². The molecule has 1 aromatic carbocycles. The van der Waals surface area contributed by atoms with Gasteiger partial charge in [0.25, 0.3) is 0 Å². The van der Waals surface area contributed by atoms with Crippen LogP contribution in [0.25, 0.3) is 0 Å². The molecule has 0 aromatic heterocycles. The third-order valence-corrected chi connectivity index (χ3v) is 5.20. The molecular weight excluding hydrogens is 397 g/mol. The van der Waals surface area contributed by atoms with Crippen molar-refractivity contribution in [3.8, 4) is 0 Å². The number of halogens is 2. The molecule has 2 atom stereocenters. The van der Waals surface area contributed by atoms with Gasteiger partial charge in [0.2, 0.25) is 5.91 Å². The smallest absolute Gasteiger partial charge is 0.410 e. The van der Waals surface area contributed by atoms with E-state index in [2.05, 4.69) is 10.6 Å². The summed E-state index contributed by atoms with van der Waals surface area (Å²) >= 11 is 5.93. The van der Waals surface area contributed by atoms with Crippen molar-refractivity contribution < 1.29 is 18.7 Å². The van der Waals surface area contributed by atoms with E-state index in [1.165, 1.54) is 12.1 Å². The summed E-state index contributed by atoms with van der Waals surface area (Å²) in [4.78, 5) is 26.9. The van der Waals surface area contributed by atoms with Gasteiger partial charge in [0, 0.05) is 29.8 Å². The van der Waals surface area contributed by atoms with E-state index >= 15 is 0 Å². The van der Waals surface area contributed by atoms with Gasteiger partial charge in [-0.2, -0.15) is 0 Å². The monoisotopic (exact) mass is 425 g/mol. The summed E-state index contributed by atoms with van der Waals surface area (Å²) in [5.41, 5.74) is -0.0680. The van der Waals surface area contributed by atoms with Crippen molar-refractivity contribution >= 4 is 29.3 Å². The molecule has 1 aliphatic carbocycles. The lowest BCUT2D eigenvalue weighted by molar-refractivity contribution is -0.123. The molecule has 1 aromatic rings. The molecule has 1 saturated carbocycles. The molecule has 29 heavy (non-hydrogen) atoms. The highest BCUT2D eigenvalue weighted by Gasteiger charge is 2.38. The number of benzene rings is 1. The van der Waals surface area contributed by atoms with E-state index in [9.17, 15) is 14.0 Å². The second-order valence-electron chi connectivity index (χ2n) is 8.89. The van der Waals surface area contributed by atoms with E-state index in [-0.39, 0.29) is 29.0 Å². The van der Waals surface area contributed by atoms with E-state index in [0.29, 0.717) is 18.8 Å². The molecule has 0 bridgehead atoms. The number of amides is 2. The predicted octanol–water partition coefficient (Wildman–Crippen LogP) is 4.19. The van der Waals surface area contributed by atoms with Crippen LogP contribution in [0.5, 0.6) is 0 Å². The first-order valence-electron chi connectivity index (χ1n) is 10.1. The van der Waals surface area contributed by atoms with Crippen LogP contribution >= 0.6 is 11.6 Å². The van der Waals surface area contributed by atoms with Gasteiger partial charge in [-0.1, -0.05) is 11.6 Å². The van der Waals surface area contributed by atoms with Crippen LogP contribution in [0.15, 0.2) is 18.2 Å². The first-order chi connectivity index (χ1) is 13.6. The standard InChI is InChI=1S/C21H29ClFN3O3/c1-21(2,3)29-20(28)26-8-4-5-16(12-26)25-19(27)18(13-6-7-13)24-17-10-14(22)9-15(23)11-17/h9-11,13,16,18,24H,4-8,12H2,1-3H3,(H,25,27)/t16?,18-/m1/s1. The molecule has 2 fully saturated rings. The number of carbonyl (C=O) groups is 2. The van der Waals surface area contributed by atoms with Crippen LogP contribution in [0.3, 0.4) is 0 Å². The molecule has 1 aliphatic heterocycles. The minimum absolute atomic E-state index is 0.135. The van der Waals surface area contributed by atoms with Crippen LogP contribution < -0.4 is 10.6 Å². The van der Waals surface area contributed by atoms with Crippen molar-refractivity contribution in [2.45, 2.75) is 64.1 Å². The summed E-state index contributed by atoms with van der Waals surface area (Å²) in [5, 5.41) is 6.48. The van der Waals surface area contributed by atoms with Crippen LogP contribution in [0.1, 0.15) is 46.5 Å². The van der Waals surface area contributed by atoms with Crippen LogP contribution in [0.2, 0.25) is 5.02 Å². The number of ether oxygens (including phenoxy) is 1. The average molecular weight is 426 g/mol. The lowest BCUT2D eigenvalue weighted by atomic mass is 10.0. The summed E-state index contributed by atoms with van der Waals surface area (Å²) in [5.74, 6) is -0.373. The van der Waals surface area contributed by atoms with Crippen molar-refractivity contribution in [1.82, 2.24) is 10.2 Å². The molecule has 160 valence electrons.